The lowest BCUT2D eigenvalue weighted by Crippen LogP contribution is -2.54. The van der Waals surface area contributed by atoms with Gasteiger partial charge in [-0.2, -0.15) is 12.6 Å². The van der Waals surface area contributed by atoms with Crippen LogP contribution in [0.3, 0.4) is 0 Å². The van der Waals surface area contributed by atoms with Gasteiger partial charge < -0.3 is 13.3 Å². The minimum Gasteiger partial charge on any atom is -0.373 e. The molecule has 0 saturated heterocycles. The molecule has 14 heavy (non-hydrogen) atoms. The van der Waals surface area contributed by atoms with E-state index < -0.39 is 8.80 Å². The van der Waals surface area contributed by atoms with Crippen molar-refractivity contribution in [1.82, 2.24) is 0 Å². The molecule has 0 bridgehead atoms. The van der Waals surface area contributed by atoms with Crippen LogP contribution in [-0.4, -0.2) is 33.5 Å². The maximum Gasteiger partial charge on any atom is 0.514 e. The lowest BCUT2D eigenvalue weighted by molar-refractivity contribution is 0.0694. The van der Waals surface area contributed by atoms with Gasteiger partial charge in [0.25, 0.3) is 0 Å². The first-order chi connectivity index (χ1) is 6.66. The summed E-state index contributed by atoms with van der Waals surface area (Å²) >= 11 is 4.50. The second-order valence-corrected chi connectivity index (χ2v) is 6.71. The molecule has 0 heterocycles. The molecule has 0 fully saturated rings. The highest BCUT2D eigenvalue weighted by Crippen LogP contribution is 2.21. The maximum absolute atomic E-state index is 5.68. The Labute approximate surface area is 93.9 Å². The largest absolute Gasteiger partial charge is 0.514 e. The lowest BCUT2D eigenvalue weighted by atomic mass is 10.6. The Hall–Kier alpha value is 0.447. The van der Waals surface area contributed by atoms with Crippen molar-refractivity contribution in [2.45, 2.75) is 39.0 Å². The standard InChI is InChI=1S/C9H22O3SSi/c1-5-9(13)14(10-6-2,11-7-3)12-8-4/h9,13H,5-8H2,1-4H3. The Kier molecular flexibility index (Phi) is 7.95. The van der Waals surface area contributed by atoms with E-state index in [1.165, 1.54) is 0 Å². The molecule has 1 unspecified atom stereocenters. The topological polar surface area (TPSA) is 27.7 Å². The van der Waals surface area contributed by atoms with E-state index in [0.717, 1.165) is 6.42 Å². The van der Waals surface area contributed by atoms with Crippen molar-refractivity contribution in [2.75, 3.05) is 19.8 Å². The average molecular weight is 238 g/mol. The summed E-state index contributed by atoms with van der Waals surface area (Å²) in [5, 5.41) is 0. The number of hydrogen-bond acceptors (Lipinski definition) is 4. The predicted molar refractivity (Wildman–Crippen MR) is 63.7 cm³/mol. The van der Waals surface area contributed by atoms with E-state index in [0.29, 0.717) is 19.8 Å². The first-order valence-electron chi connectivity index (χ1n) is 5.26. The van der Waals surface area contributed by atoms with Gasteiger partial charge in [0.05, 0.1) is 4.87 Å². The third kappa shape index (κ3) is 3.90. The van der Waals surface area contributed by atoms with E-state index in [4.69, 9.17) is 13.3 Å². The molecule has 0 aromatic heterocycles. The smallest absolute Gasteiger partial charge is 0.373 e. The maximum atomic E-state index is 5.68. The zero-order valence-electron chi connectivity index (χ0n) is 9.58. The van der Waals surface area contributed by atoms with Crippen molar-refractivity contribution >= 4 is 21.4 Å². The highest BCUT2D eigenvalue weighted by molar-refractivity contribution is 7.83. The van der Waals surface area contributed by atoms with E-state index in [1.54, 1.807) is 0 Å². The van der Waals surface area contributed by atoms with Crippen LogP contribution in [0.25, 0.3) is 0 Å². The summed E-state index contributed by atoms with van der Waals surface area (Å²) in [6.45, 7) is 9.77. The SMILES string of the molecule is CCO[Si](OCC)(OCC)C(S)CC. The second-order valence-electron chi connectivity index (χ2n) is 2.83. The van der Waals surface area contributed by atoms with Crippen molar-refractivity contribution in [1.29, 1.82) is 0 Å². The van der Waals surface area contributed by atoms with Crippen LogP contribution in [0.1, 0.15) is 34.1 Å². The van der Waals surface area contributed by atoms with Gasteiger partial charge in [-0.15, -0.1) is 0 Å². The van der Waals surface area contributed by atoms with Crippen LogP contribution in [0.4, 0.5) is 0 Å². The van der Waals surface area contributed by atoms with Crippen LogP contribution < -0.4 is 0 Å². The molecule has 1 atom stereocenters. The molecule has 0 spiro atoms. The van der Waals surface area contributed by atoms with Crippen LogP contribution >= 0.6 is 12.6 Å². The van der Waals surface area contributed by atoms with Gasteiger partial charge in [-0.1, -0.05) is 6.92 Å². The molecule has 0 aliphatic rings. The van der Waals surface area contributed by atoms with Crippen molar-refractivity contribution in [3.05, 3.63) is 0 Å². The molecule has 0 rings (SSSR count). The van der Waals surface area contributed by atoms with Gasteiger partial charge in [-0.3, -0.25) is 0 Å². The van der Waals surface area contributed by atoms with E-state index in [9.17, 15) is 0 Å². The van der Waals surface area contributed by atoms with Gasteiger partial charge in [0.15, 0.2) is 0 Å². The number of hydrogen-bond donors (Lipinski definition) is 1. The molecule has 5 heteroatoms. The predicted octanol–water partition coefficient (Wildman–Crippen LogP) is 2.28. The molecule has 0 radical (unpaired) electrons. The molecule has 0 saturated carbocycles. The summed E-state index contributed by atoms with van der Waals surface area (Å²) in [6, 6.07) is 0. The second kappa shape index (κ2) is 7.70. The zero-order chi connectivity index (χ0) is 11.0. The summed E-state index contributed by atoms with van der Waals surface area (Å²) in [7, 11) is -2.53. The third-order valence-corrected chi connectivity index (χ3v) is 6.44. The monoisotopic (exact) mass is 238 g/mol. The van der Waals surface area contributed by atoms with E-state index in [2.05, 4.69) is 19.6 Å². The molecule has 3 nitrogen and oxygen atoms in total. The number of thiol groups is 1. The van der Waals surface area contributed by atoms with Crippen LogP contribution in [0.2, 0.25) is 0 Å². The molecule has 0 aromatic carbocycles. The quantitative estimate of drug-likeness (QED) is 0.519. The minimum atomic E-state index is -2.53. The Morgan fingerprint density at radius 1 is 0.929 bits per heavy atom. The fourth-order valence-corrected chi connectivity index (χ4v) is 4.47. The van der Waals surface area contributed by atoms with Crippen LogP contribution in [0, 0.1) is 0 Å². The van der Waals surface area contributed by atoms with E-state index in [1.807, 2.05) is 20.8 Å². The molecule has 86 valence electrons. The molecule has 0 N–H and O–H groups in total. The summed E-state index contributed by atoms with van der Waals surface area (Å²) in [5.41, 5.74) is 0. The lowest BCUT2D eigenvalue weighted by Gasteiger charge is -2.32. The summed E-state index contributed by atoms with van der Waals surface area (Å²) in [6.07, 6.45) is 0.898. The molecule has 0 aliphatic carbocycles. The molecular formula is C9H22O3SSi. The van der Waals surface area contributed by atoms with Gasteiger partial charge in [0, 0.05) is 19.8 Å². The van der Waals surface area contributed by atoms with Crippen molar-refractivity contribution in [2.24, 2.45) is 0 Å². The summed E-state index contributed by atoms with van der Waals surface area (Å²) in [5.74, 6) is 0. The van der Waals surface area contributed by atoms with Gasteiger partial charge in [-0.05, 0) is 27.2 Å². The first kappa shape index (κ1) is 14.4. The Balaban J connectivity index is 4.53. The van der Waals surface area contributed by atoms with E-state index >= 15 is 0 Å². The molecule has 0 amide bonds. The van der Waals surface area contributed by atoms with Crippen molar-refractivity contribution < 1.29 is 13.3 Å². The summed E-state index contributed by atoms with van der Waals surface area (Å²) in [4.78, 5) is 0.0716. The highest BCUT2D eigenvalue weighted by atomic mass is 32.1. The van der Waals surface area contributed by atoms with Crippen LogP contribution in [0.15, 0.2) is 0 Å². The highest BCUT2D eigenvalue weighted by Gasteiger charge is 2.46. The molecule has 0 aliphatic heterocycles. The first-order valence-corrected chi connectivity index (χ1v) is 7.58. The van der Waals surface area contributed by atoms with Crippen LogP contribution in [-0.2, 0) is 13.3 Å². The fourth-order valence-electron chi connectivity index (χ4n) is 1.27. The Morgan fingerprint density at radius 3 is 1.50 bits per heavy atom. The minimum absolute atomic E-state index is 0.0716. The van der Waals surface area contributed by atoms with Crippen molar-refractivity contribution in [3.8, 4) is 0 Å². The number of rotatable bonds is 8. The zero-order valence-corrected chi connectivity index (χ0v) is 11.5. The summed E-state index contributed by atoms with van der Waals surface area (Å²) < 4.78 is 17.0. The van der Waals surface area contributed by atoms with Gasteiger partial charge in [0.2, 0.25) is 0 Å². The van der Waals surface area contributed by atoms with Gasteiger partial charge >= 0.3 is 8.80 Å². The fraction of sp³-hybridized carbons (Fsp3) is 1.00. The van der Waals surface area contributed by atoms with E-state index in [-0.39, 0.29) is 4.87 Å². The van der Waals surface area contributed by atoms with Gasteiger partial charge in [0.1, 0.15) is 0 Å². The Morgan fingerprint density at radius 2 is 1.29 bits per heavy atom. The third-order valence-electron chi connectivity index (χ3n) is 1.83. The van der Waals surface area contributed by atoms with Crippen LogP contribution in [0.5, 0.6) is 0 Å². The average Bonchev–Trinajstić information content (AvgIpc) is 2.17. The Bertz CT molecular complexity index is 129. The molecular weight excluding hydrogens is 216 g/mol. The van der Waals surface area contributed by atoms with Crippen molar-refractivity contribution in [3.63, 3.8) is 0 Å². The normalized spacial score (nSPS) is 14.4. The van der Waals surface area contributed by atoms with Gasteiger partial charge in [-0.25, -0.2) is 0 Å². The molecule has 0 aromatic rings.